The molecule has 0 aliphatic rings. The van der Waals surface area contributed by atoms with Crippen LogP contribution >= 0.6 is 11.3 Å². The molecule has 0 spiro atoms. The van der Waals surface area contributed by atoms with Crippen molar-refractivity contribution < 1.29 is 15.0 Å². The number of primary amides is 1. The molecular weight excluding hydrogens is 300 g/mol. The first-order chi connectivity index (χ1) is 10.6. The number of aromatic nitrogens is 1. The average molecular weight is 314 g/mol. The highest BCUT2D eigenvalue weighted by Crippen LogP contribution is 2.36. The molecule has 0 aliphatic heterocycles. The van der Waals surface area contributed by atoms with Crippen LogP contribution in [0.2, 0.25) is 0 Å². The lowest BCUT2D eigenvalue weighted by Gasteiger charge is -2.27. The van der Waals surface area contributed by atoms with Crippen LogP contribution in [0.4, 0.5) is 0 Å². The van der Waals surface area contributed by atoms with Gasteiger partial charge >= 0.3 is 0 Å². The molecule has 2 heterocycles. The van der Waals surface area contributed by atoms with Gasteiger partial charge < -0.3 is 15.9 Å². The molecule has 0 saturated carbocycles. The van der Waals surface area contributed by atoms with Crippen LogP contribution in [0.25, 0.3) is 10.1 Å². The maximum atomic E-state index is 11.4. The van der Waals surface area contributed by atoms with E-state index in [9.17, 15) is 15.0 Å². The van der Waals surface area contributed by atoms with Crippen molar-refractivity contribution in [2.24, 2.45) is 5.73 Å². The number of thiophene rings is 1. The Morgan fingerprint density at radius 2 is 2.00 bits per heavy atom. The quantitative estimate of drug-likeness (QED) is 0.682. The van der Waals surface area contributed by atoms with Crippen LogP contribution in [-0.2, 0) is 5.60 Å². The molecule has 22 heavy (non-hydrogen) atoms. The number of hydrogen-bond donors (Lipinski definition) is 3. The predicted molar refractivity (Wildman–Crippen MR) is 84.7 cm³/mol. The summed E-state index contributed by atoms with van der Waals surface area (Å²) in [5.41, 5.74) is 4.73. The standard InChI is InChI=1S/C16H14N2O3S/c17-15(20)13-6-11-12(7-18-8-14(11)22-13)16(21,9-19)10-4-2-1-3-5-10/h1-8,19,21H,9H2,(H2,17,20). The number of nitrogens with zero attached hydrogens (tertiary/aromatic N) is 1. The summed E-state index contributed by atoms with van der Waals surface area (Å²) in [6, 6.07) is 10.5. The molecule has 3 rings (SSSR count). The number of pyridine rings is 1. The Morgan fingerprint density at radius 3 is 2.64 bits per heavy atom. The molecule has 1 aromatic carbocycles. The van der Waals surface area contributed by atoms with Gasteiger partial charge in [0, 0.05) is 23.3 Å². The summed E-state index contributed by atoms with van der Waals surface area (Å²) < 4.78 is 0.731. The number of aliphatic hydroxyl groups excluding tert-OH is 1. The maximum absolute atomic E-state index is 11.4. The lowest BCUT2D eigenvalue weighted by Crippen LogP contribution is -2.32. The van der Waals surface area contributed by atoms with E-state index in [4.69, 9.17) is 5.73 Å². The molecule has 0 fully saturated rings. The maximum Gasteiger partial charge on any atom is 0.258 e. The van der Waals surface area contributed by atoms with Gasteiger partial charge in [0.15, 0.2) is 0 Å². The van der Waals surface area contributed by atoms with Gasteiger partial charge in [-0.25, -0.2) is 0 Å². The van der Waals surface area contributed by atoms with Gasteiger partial charge in [-0.3, -0.25) is 9.78 Å². The number of carbonyl (C=O) groups is 1. The number of nitrogens with two attached hydrogens (primary N) is 1. The molecule has 6 heteroatoms. The van der Waals surface area contributed by atoms with E-state index in [-0.39, 0.29) is 0 Å². The first kappa shape index (κ1) is 14.6. The summed E-state index contributed by atoms with van der Waals surface area (Å²) in [5.74, 6) is -0.528. The number of carbonyl (C=O) groups excluding carboxylic acids is 1. The first-order valence-corrected chi connectivity index (χ1v) is 7.44. The number of hydrogen-bond acceptors (Lipinski definition) is 5. The molecule has 3 aromatic rings. The van der Waals surface area contributed by atoms with E-state index < -0.39 is 18.1 Å². The molecule has 5 nitrogen and oxygen atoms in total. The molecule has 1 amide bonds. The van der Waals surface area contributed by atoms with Gasteiger partial charge in [-0.15, -0.1) is 11.3 Å². The smallest absolute Gasteiger partial charge is 0.258 e. The predicted octanol–water partition coefficient (Wildman–Crippen LogP) is 1.62. The van der Waals surface area contributed by atoms with Crippen molar-refractivity contribution in [1.82, 2.24) is 4.98 Å². The van der Waals surface area contributed by atoms with Crippen LogP contribution in [0.1, 0.15) is 20.8 Å². The molecule has 0 radical (unpaired) electrons. The van der Waals surface area contributed by atoms with E-state index in [0.717, 1.165) is 4.70 Å². The molecule has 0 aliphatic carbocycles. The van der Waals surface area contributed by atoms with Crippen LogP contribution in [-0.4, -0.2) is 27.7 Å². The van der Waals surface area contributed by atoms with Gasteiger partial charge in [-0.2, -0.15) is 0 Å². The lowest BCUT2D eigenvalue weighted by atomic mass is 9.86. The molecule has 0 bridgehead atoms. The Morgan fingerprint density at radius 1 is 1.27 bits per heavy atom. The van der Waals surface area contributed by atoms with Crippen molar-refractivity contribution in [3.63, 3.8) is 0 Å². The second-order valence-corrected chi connectivity index (χ2v) is 6.04. The lowest BCUT2D eigenvalue weighted by molar-refractivity contribution is 0.0182. The highest BCUT2D eigenvalue weighted by atomic mass is 32.1. The third-order valence-corrected chi connectivity index (χ3v) is 4.70. The Kier molecular flexibility index (Phi) is 3.66. The third kappa shape index (κ3) is 2.27. The molecule has 4 N–H and O–H groups in total. The van der Waals surface area contributed by atoms with Gasteiger partial charge in [0.05, 0.1) is 16.2 Å². The molecule has 2 aromatic heterocycles. The number of aliphatic hydroxyl groups is 2. The topological polar surface area (TPSA) is 96.4 Å². The number of benzene rings is 1. The Hall–Kier alpha value is -2.28. The van der Waals surface area contributed by atoms with Crippen LogP contribution < -0.4 is 5.73 Å². The van der Waals surface area contributed by atoms with Crippen LogP contribution in [0, 0.1) is 0 Å². The van der Waals surface area contributed by atoms with Crippen molar-refractivity contribution in [2.75, 3.05) is 6.61 Å². The van der Waals surface area contributed by atoms with Gasteiger partial charge in [-0.1, -0.05) is 30.3 Å². The van der Waals surface area contributed by atoms with Gasteiger partial charge in [0.2, 0.25) is 0 Å². The van der Waals surface area contributed by atoms with E-state index in [2.05, 4.69) is 4.98 Å². The van der Waals surface area contributed by atoms with E-state index in [0.29, 0.717) is 21.4 Å². The summed E-state index contributed by atoms with van der Waals surface area (Å²) in [6.07, 6.45) is 3.11. The average Bonchev–Trinajstić information content (AvgIpc) is 2.99. The highest BCUT2D eigenvalue weighted by Gasteiger charge is 2.33. The Labute approximate surface area is 130 Å². The van der Waals surface area contributed by atoms with E-state index in [1.54, 1.807) is 36.5 Å². The summed E-state index contributed by atoms with van der Waals surface area (Å²) >= 11 is 1.21. The molecule has 1 atom stereocenters. The second kappa shape index (κ2) is 5.49. The first-order valence-electron chi connectivity index (χ1n) is 6.63. The second-order valence-electron chi connectivity index (χ2n) is 4.96. The minimum Gasteiger partial charge on any atom is -0.393 e. The monoisotopic (exact) mass is 314 g/mol. The number of rotatable bonds is 4. The van der Waals surface area contributed by atoms with E-state index >= 15 is 0 Å². The Balaban J connectivity index is 2.25. The molecular formula is C16H14N2O3S. The summed E-state index contributed by atoms with van der Waals surface area (Å²) in [7, 11) is 0. The van der Waals surface area contributed by atoms with E-state index in [1.165, 1.54) is 17.5 Å². The minimum absolute atomic E-state index is 0.387. The van der Waals surface area contributed by atoms with Gasteiger partial charge in [-0.05, 0) is 11.6 Å². The molecule has 0 saturated heterocycles. The van der Waals surface area contributed by atoms with Crippen molar-refractivity contribution in [3.05, 3.63) is 64.8 Å². The summed E-state index contributed by atoms with van der Waals surface area (Å²) in [4.78, 5) is 15.9. The summed E-state index contributed by atoms with van der Waals surface area (Å²) in [6.45, 7) is -0.500. The number of amides is 1. The van der Waals surface area contributed by atoms with Crippen molar-refractivity contribution in [3.8, 4) is 0 Å². The zero-order chi connectivity index (χ0) is 15.7. The van der Waals surface area contributed by atoms with Crippen LogP contribution in [0.15, 0.2) is 48.8 Å². The fourth-order valence-corrected chi connectivity index (χ4v) is 3.36. The molecule has 112 valence electrons. The minimum atomic E-state index is -1.59. The van der Waals surface area contributed by atoms with E-state index in [1.807, 2.05) is 6.07 Å². The SMILES string of the molecule is NC(=O)c1cc2c(C(O)(CO)c3ccccc3)cncc2s1. The van der Waals surface area contributed by atoms with Crippen molar-refractivity contribution in [1.29, 1.82) is 0 Å². The van der Waals surface area contributed by atoms with Crippen molar-refractivity contribution >= 4 is 27.3 Å². The van der Waals surface area contributed by atoms with Crippen LogP contribution in [0.5, 0.6) is 0 Å². The van der Waals surface area contributed by atoms with Gasteiger partial charge in [0.25, 0.3) is 5.91 Å². The fraction of sp³-hybridized carbons (Fsp3) is 0.125. The fourth-order valence-electron chi connectivity index (χ4n) is 2.46. The molecule has 1 unspecified atom stereocenters. The highest BCUT2D eigenvalue weighted by molar-refractivity contribution is 7.20. The summed E-state index contributed by atoms with van der Waals surface area (Å²) in [5, 5.41) is 21.5. The normalized spacial score (nSPS) is 13.9. The zero-order valence-electron chi connectivity index (χ0n) is 11.6. The largest absolute Gasteiger partial charge is 0.393 e. The van der Waals surface area contributed by atoms with Gasteiger partial charge in [0.1, 0.15) is 5.60 Å². The zero-order valence-corrected chi connectivity index (χ0v) is 12.4. The van der Waals surface area contributed by atoms with Crippen molar-refractivity contribution in [2.45, 2.75) is 5.60 Å². The van der Waals surface area contributed by atoms with Crippen LogP contribution in [0.3, 0.4) is 0 Å². The Bertz CT molecular complexity index is 832. The third-order valence-electron chi connectivity index (χ3n) is 3.61. The number of fused-ring (bicyclic) bond motifs is 1.